The van der Waals surface area contributed by atoms with Crippen LogP contribution in [-0.4, -0.2) is 11.5 Å². The molecule has 1 aromatic carbocycles. The Morgan fingerprint density at radius 2 is 2.12 bits per heavy atom. The fourth-order valence-electron chi connectivity index (χ4n) is 5.07. The fraction of sp³-hybridized carbons (Fsp3) is 0.600. The van der Waals surface area contributed by atoms with E-state index < -0.39 is 0 Å². The third kappa shape index (κ3) is 2.94. The van der Waals surface area contributed by atoms with Crippen molar-refractivity contribution in [1.29, 1.82) is 5.41 Å². The Hall–Kier alpha value is -1.84. The Morgan fingerprint density at radius 1 is 1.38 bits per heavy atom. The summed E-state index contributed by atoms with van der Waals surface area (Å²) in [5.41, 5.74) is 16.0. The molecule has 4 unspecified atom stereocenters. The molecular weight excluding hydrogens is 296 g/mol. The highest BCUT2D eigenvalue weighted by molar-refractivity contribution is 6.38. The number of hydrogen-bond donors (Lipinski definition) is 3. The van der Waals surface area contributed by atoms with Crippen molar-refractivity contribution >= 4 is 17.2 Å². The largest absolute Gasteiger partial charge is 0.399 e. The van der Waals surface area contributed by atoms with Crippen molar-refractivity contribution in [2.75, 3.05) is 5.73 Å². The predicted octanol–water partition coefficient (Wildman–Crippen LogP) is 4.10. The van der Waals surface area contributed by atoms with Crippen molar-refractivity contribution in [3.8, 4) is 0 Å². The molecule has 0 amide bonds. The summed E-state index contributed by atoms with van der Waals surface area (Å²) in [5, 5.41) is 7.73. The molecule has 0 aromatic heterocycles. The first-order valence-electron chi connectivity index (χ1n) is 9.11. The van der Waals surface area contributed by atoms with Gasteiger partial charge < -0.3 is 11.5 Å². The summed E-state index contributed by atoms with van der Waals surface area (Å²) in [6.45, 7) is 6.53. The van der Waals surface area contributed by atoms with Crippen LogP contribution in [0.3, 0.4) is 0 Å². The average Bonchev–Trinajstić information content (AvgIpc) is 2.79. The quantitative estimate of drug-likeness (QED) is 0.443. The zero-order valence-corrected chi connectivity index (χ0v) is 15.1. The van der Waals surface area contributed by atoms with Crippen LogP contribution in [0.5, 0.6) is 0 Å². The lowest BCUT2D eigenvalue weighted by Crippen LogP contribution is -2.36. The van der Waals surface area contributed by atoms with Gasteiger partial charge in [0.2, 0.25) is 0 Å². The molecule has 0 radical (unpaired) electrons. The van der Waals surface area contributed by atoms with Crippen LogP contribution < -0.4 is 11.5 Å². The fourth-order valence-corrected chi connectivity index (χ4v) is 5.07. The highest BCUT2D eigenvalue weighted by Crippen LogP contribution is 2.58. The van der Waals surface area contributed by atoms with E-state index in [4.69, 9.17) is 21.9 Å². The molecule has 4 atom stereocenters. The molecule has 0 heterocycles. The Morgan fingerprint density at radius 3 is 2.79 bits per heavy atom. The van der Waals surface area contributed by atoms with Gasteiger partial charge in [0.1, 0.15) is 5.84 Å². The normalized spacial score (nSPS) is 32.8. The van der Waals surface area contributed by atoms with Gasteiger partial charge in [0.25, 0.3) is 0 Å². The molecular formula is C20H30N4. The molecule has 1 fully saturated rings. The summed E-state index contributed by atoms with van der Waals surface area (Å²) in [6.07, 6.45) is 6.02. The van der Waals surface area contributed by atoms with Crippen LogP contribution in [-0.2, 0) is 6.42 Å². The van der Waals surface area contributed by atoms with Crippen molar-refractivity contribution in [3.63, 3.8) is 0 Å². The molecule has 3 rings (SSSR count). The van der Waals surface area contributed by atoms with Gasteiger partial charge in [-0.3, -0.25) is 10.4 Å². The maximum absolute atomic E-state index is 7.73. The Bertz CT molecular complexity index is 678. The zero-order chi connectivity index (χ0) is 17.5. The Labute approximate surface area is 145 Å². The lowest BCUT2D eigenvalue weighted by atomic mass is 9.62. The molecule has 5 N–H and O–H groups in total. The molecule has 1 spiro atoms. The van der Waals surface area contributed by atoms with Gasteiger partial charge in [0, 0.05) is 11.1 Å². The molecule has 4 nitrogen and oxygen atoms in total. The third-order valence-corrected chi connectivity index (χ3v) is 6.06. The van der Waals surface area contributed by atoms with Gasteiger partial charge in [-0.05, 0) is 67.7 Å². The number of nitrogens with two attached hydrogens (primary N) is 2. The molecule has 1 aromatic rings. The Kier molecular flexibility index (Phi) is 4.41. The van der Waals surface area contributed by atoms with Crippen LogP contribution in [0.1, 0.15) is 63.6 Å². The third-order valence-electron chi connectivity index (χ3n) is 6.06. The predicted molar refractivity (Wildman–Crippen MR) is 102 cm³/mol. The first-order chi connectivity index (χ1) is 11.3. The van der Waals surface area contributed by atoms with E-state index in [0.717, 1.165) is 18.0 Å². The molecule has 0 aliphatic heterocycles. The second-order valence-electron chi connectivity index (χ2n) is 8.05. The summed E-state index contributed by atoms with van der Waals surface area (Å²) in [6, 6.07) is 6.34. The van der Waals surface area contributed by atoms with Crippen molar-refractivity contribution < 1.29 is 0 Å². The summed E-state index contributed by atoms with van der Waals surface area (Å²) in [5.74, 6) is 1.54. The van der Waals surface area contributed by atoms with Crippen molar-refractivity contribution in [2.45, 2.75) is 58.9 Å². The van der Waals surface area contributed by atoms with Crippen molar-refractivity contribution in [2.24, 2.45) is 28.0 Å². The minimum atomic E-state index is 0.0680. The van der Waals surface area contributed by atoms with Crippen LogP contribution in [0, 0.1) is 22.7 Å². The topological polar surface area (TPSA) is 88.2 Å². The van der Waals surface area contributed by atoms with Gasteiger partial charge in [0.05, 0.1) is 11.8 Å². The van der Waals surface area contributed by atoms with E-state index in [1.54, 1.807) is 0 Å². The van der Waals surface area contributed by atoms with Gasteiger partial charge >= 0.3 is 0 Å². The molecule has 130 valence electrons. The first kappa shape index (κ1) is 17.0. The minimum absolute atomic E-state index is 0.0680. The van der Waals surface area contributed by atoms with Gasteiger partial charge in [0.15, 0.2) is 0 Å². The molecule has 2 aliphatic rings. The molecule has 4 heteroatoms. The van der Waals surface area contributed by atoms with Crippen molar-refractivity contribution in [1.82, 2.24) is 0 Å². The smallest absolute Gasteiger partial charge is 0.136 e. The van der Waals surface area contributed by atoms with Crippen LogP contribution in [0.15, 0.2) is 23.2 Å². The second kappa shape index (κ2) is 6.23. The van der Waals surface area contributed by atoms with E-state index in [1.807, 2.05) is 13.0 Å². The van der Waals surface area contributed by atoms with Crippen molar-refractivity contribution in [3.05, 3.63) is 29.3 Å². The average molecular weight is 326 g/mol. The monoisotopic (exact) mass is 326 g/mol. The van der Waals surface area contributed by atoms with E-state index >= 15 is 0 Å². The van der Waals surface area contributed by atoms with Crippen LogP contribution in [0.2, 0.25) is 0 Å². The number of nitrogens with one attached hydrogen (secondary N) is 1. The highest BCUT2D eigenvalue weighted by Gasteiger charge is 2.50. The molecule has 2 aliphatic carbocycles. The van der Waals surface area contributed by atoms with Gasteiger partial charge in [-0.2, -0.15) is 0 Å². The van der Waals surface area contributed by atoms with E-state index in [2.05, 4.69) is 26.0 Å². The first-order valence-corrected chi connectivity index (χ1v) is 9.11. The number of anilines is 1. The SMILES string of the molecule is CCC1CC(C)CC2(Cc3ccc(N)cc3C2N=C(C)C(=N)N)C1. The number of amidine groups is 1. The number of rotatable bonds is 3. The molecule has 0 bridgehead atoms. The second-order valence-corrected chi connectivity index (χ2v) is 8.05. The molecule has 24 heavy (non-hydrogen) atoms. The summed E-state index contributed by atoms with van der Waals surface area (Å²) in [7, 11) is 0. The highest BCUT2D eigenvalue weighted by atomic mass is 14.9. The van der Waals surface area contributed by atoms with E-state index in [-0.39, 0.29) is 17.3 Å². The number of fused-ring (bicyclic) bond motifs is 1. The van der Waals surface area contributed by atoms with E-state index in [9.17, 15) is 0 Å². The molecule has 1 saturated carbocycles. The number of nitrogen functional groups attached to an aromatic ring is 1. The van der Waals surface area contributed by atoms with Gasteiger partial charge in [-0.1, -0.05) is 26.3 Å². The molecule has 0 saturated heterocycles. The van der Waals surface area contributed by atoms with E-state index in [1.165, 1.54) is 36.8 Å². The van der Waals surface area contributed by atoms with E-state index in [0.29, 0.717) is 11.6 Å². The lowest BCUT2D eigenvalue weighted by molar-refractivity contribution is 0.0796. The summed E-state index contributed by atoms with van der Waals surface area (Å²) >= 11 is 0. The minimum Gasteiger partial charge on any atom is -0.399 e. The van der Waals surface area contributed by atoms with Gasteiger partial charge in [-0.25, -0.2) is 0 Å². The van der Waals surface area contributed by atoms with Crippen LogP contribution >= 0.6 is 0 Å². The maximum atomic E-state index is 7.73. The number of aliphatic imine (C=N–C) groups is 1. The number of hydrogen-bond acceptors (Lipinski definition) is 3. The maximum Gasteiger partial charge on any atom is 0.136 e. The number of benzene rings is 1. The zero-order valence-electron chi connectivity index (χ0n) is 15.1. The van der Waals surface area contributed by atoms with Crippen LogP contribution in [0.25, 0.3) is 0 Å². The number of nitrogens with zero attached hydrogens (tertiary/aromatic N) is 1. The van der Waals surface area contributed by atoms with Crippen LogP contribution in [0.4, 0.5) is 5.69 Å². The summed E-state index contributed by atoms with van der Waals surface area (Å²) < 4.78 is 0. The summed E-state index contributed by atoms with van der Waals surface area (Å²) in [4.78, 5) is 4.95. The lowest BCUT2D eigenvalue weighted by Gasteiger charge is -2.44. The van der Waals surface area contributed by atoms with Gasteiger partial charge in [-0.15, -0.1) is 0 Å². The standard InChI is InChI=1S/C20H30N4/c1-4-14-7-12(2)9-20(10-14)11-15-5-6-16(21)8-17(15)18(20)24-13(3)19(22)23/h5-6,8,12,14,18H,4,7,9-11,21H2,1-3H3,(H3,22,23). The Balaban J connectivity index is 2.08.